The minimum atomic E-state index is -3.73. The molecule has 6 nitrogen and oxygen atoms in total. The van der Waals surface area contributed by atoms with Crippen LogP contribution in [0, 0.1) is 0 Å². The second-order valence-corrected chi connectivity index (χ2v) is 6.96. The molecule has 0 fully saturated rings. The molecule has 2 aromatic rings. The van der Waals surface area contributed by atoms with Gasteiger partial charge in [-0.15, -0.1) is 0 Å². The molecule has 0 spiro atoms. The normalized spacial score (nSPS) is 11.5. The maximum Gasteiger partial charge on any atom is 0.264 e. The molecular weight excluding hydrogens is 340 g/mol. The zero-order valence-corrected chi connectivity index (χ0v) is 14.1. The quantitative estimate of drug-likeness (QED) is 0.838. The van der Waals surface area contributed by atoms with Crippen LogP contribution in [-0.2, 0) is 14.9 Å². The highest BCUT2D eigenvalue weighted by Gasteiger charge is 2.20. The number of sulfonamides is 1. The summed E-state index contributed by atoms with van der Waals surface area (Å²) in [5, 5.41) is 3.19. The molecule has 0 radical (unpaired) electrons. The molecule has 2 rings (SSSR count). The molecule has 122 valence electrons. The topological polar surface area (TPSA) is 75.7 Å². The number of nitrogens with zero attached hydrogens (tertiary/aromatic N) is 1. The van der Waals surface area contributed by atoms with Crippen LogP contribution >= 0.6 is 11.6 Å². The highest BCUT2D eigenvalue weighted by molar-refractivity contribution is 7.89. The summed E-state index contributed by atoms with van der Waals surface area (Å²) in [5.41, 5.74) is 0.877. The average molecular weight is 355 g/mol. The molecule has 0 aliphatic heterocycles. The van der Waals surface area contributed by atoms with Crippen molar-refractivity contribution in [1.29, 1.82) is 0 Å². The molecule has 0 heterocycles. The first-order chi connectivity index (χ1) is 10.8. The van der Waals surface area contributed by atoms with E-state index in [1.807, 2.05) is 0 Å². The highest BCUT2D eigenvalue weighted by atomic mass is 35.5. The lowest BCUT2D eigenvalue weighted by Gasteiger charge is -2.14. The van der Waals surface area contributed by atoms with E-state index in [0.717, 1.165) is 4.47 Å². The van der Waals surface area contributed by atoms with E-state index in [-0.39, 0.29) is 10.8 Å². The van der Waals surface area contributed by atoms with Crippen LogP contribution in [0.3, 0.4) is 0 Å². The number of benzene rings is 2. The van der Waals surface area contributed by atoms with E-state index < -0.39 is 10.0 Å². The summed E-state index contributed by atoms with van der Waals surface area (Å²) in [6, 6.07) is 12.3. The predicted molar refractivity (Wildman–Crippen MR) is 87.8 cm³/mol. The summed E-state index contributed by atoms with van der Waals surface area (Å²) in [5.74, 6) is -0.365. The lowest BCUT2D eigenvalue weighted by atomic mass is 10.2. The van der Waals surface area contributed by atoms with Crippen molar-refractivity contribution in [1.82, 2.24) is 4.47 Å². The standard InChI is InChI=1S/C15H15ClN2O4S/c1-18(22-2)23(20,21)14-8-6-11(7-9-14)15(19)17-13-5-3-4-12(16)10-13/h3-10H,1-2H3,(H,17,19). The molecule has 0 saturated heterocycles. The van der Waals surface area contributed by atoms with E-state index in [1.165, 1.54) is 38.4 Å². The number of hydrogen-bond donors (Lipinski definition) is 1. The van der Waals surface area contributed by atoms with Crippen LogP contribution in [0.15, 0.2) is 53.4 Å². The van der Waals surface area contributed by atoms with Crippen molar-refractivity contribution in [3.8, 4) is 0 Å². The molecule has 8 heteroatoms. The third-order valence-corrected chi connectivity index (χ3v) is 5.02. The van der Waals surface area contributed by atoms with Crippen LogP contribution in [-0.4, -0.2) is 33.0 Å². The van der Waals surface area contributed by atoms with Gasteiger partial charge in [0.1, 0.15) is 0 Å². The molecule has 0 aromatic heterocycles. The van der Waals surface area contributed by atoms with E-state index in [0.29, 0.717) is 16.3 Å². The second kappa shape index (κ2) is 7.10. The molecule has 1 N–H and O–H groups in total. The SMILES string of the molecule is CON(C)S(=O)(=O)c1ccc(C(=O)Nc2cccc(Cl)c2)cc1. The molecule has 2 aromatic carbocycles. The molecule has 0 aliphatic carbocycles. The summed E-state index contributed by atoms with van der Waals surface area (Å²) in [7, 11) is -1.19. The van der Waals surface area contributed by atoms with Gasteiger partial charge in [-0.1, -0.05) is 22.1 Å². The number of halogens is 1. The number of rotatable bonds is 5. The van der Waals surface area contributed by atoms with Crippen LogP contribution in [0.1, 0.15) is 10.4 Å². The second-order valence-electron chi connectivity index (χ2n) is 4.59. The summed E-state index contributed by atoms with van der Waals surface area (Å²) in [6.45, 7) is 0. The first-order valence-corrected chi connectivity index (χ1v) is 8.36. The van der Waals surface area contributed by atoms with Crippen LogP contribution in [0.25, 0.3) is 0 Å². The van der Waals surface area contributed by atoms with E-state index in [9.17, 15) is 13.2 Å². The van der Waals surface area contributed by atoms with Crippen molar-refractivity contribution >= 4 is 33.2 Å². The first-order valence-electron chi connectivity index (χ1n) is 6.54. The van der Waals surface area contributed by atoms with Crippen LogP contribution in [0.5, 0.6) is 0 Å². The van der Waals surface area contributed by atoms with Gasteiger partial charge in [-0.3, -0.25) is 9.63 Å². The Bertz CT molecular complexity index is 806. The maximum absolute atomic E-state index is 12.1. The predicted octanol–water partition coefficient (Wildman–Crippen LogP) is 2.77. The fourth-order valence-corrected chi connectivity index (χ4v) is 2.96. The van der Waals surface area contributed by atoms with E-state index in [4.69, 9.17) is 16.4 Å². The summed E-state index contributed by atoms with van der Waals surface area (Å²) in [6.07, 6.45) is 0. The van der Waals surface area contributed by atoms with Crippen molar-refractivity contribution < 1.29 is 18.0 Å². The Labute approximate surface area is 139 Å². The molecule has 23 heavy (non-hydrogen) atoms. The zero-order valence-electron chi connectivity index (χ0n) is 12.5. The van der Waals surface area contributed by atoms with Gasteiger partial charge in [0.15, 0.2) is 0 Å². The summed E-state index contributed by atoms with van der Waals surface area (Å²) < 4.78 is 24.9. The van der Waals surface area contributed by atoms with E-state index in [2.05, 4.69) is 5.32 Å². The van der Waals surface area contributed by atoms with Crippen molar-refractivity contribution in [3.63, 3.8) is 0 Å². The molecule has 0 unspecified atom stereocenters. The Balaban J connectivity index is 2.18. The number of hydroxylamine groups is 1. The Morgan fingerprint density at radius 2 is 1.83 bits per heavy atom. The third kappa shape index (κ3) is 4.08. The number of nitrogens with one attached hydrogen (secondary N) is 1. The molecular formula is C15H15ClN2O4S. The van der Waals surface area contributed by atoms with E-state index >= 15 is 0 Å². The lowest BCUT2D eigenvalue weighted by molar-refractivity contribution is -0.0258. The Kier molecular flexibility index (Phi) is 5.38. The summed E-state index contributed by atoms with van der Waals surface area (Å²) >= 11 is 5.85. The van der Waals surface area contributed by atoms with Gasteiger partial charge in [0.2, 0.25) is 0 Å². The fourth-order valence-electron chi connectivity index (χ4n) is 1.79. The number of carbonyl (C=O) groups is 1. The number of carbonyl (C=O) groups excluding carboxylic acids is 1. The van der Waals surface area contributed by atoms with Gasteiger partial charge < -0.3 is 5.32 Å². The van der Waals surface area contributed by atoms with Crippen molar-refractivity contribution in [2.75, 3.05) is 19.5 Å². The Morgan fingerprint density at radius 1 is 1.17 bits per heavy atom. The van der Waals surface area contributed by atoms with Gasteiger partial charge >= 0.3 is 0 Å². The zero-order chi connectivity index (χ0) is 17.0. The Hall–Kier alpha value is -1.93. The molecule has 0 aliphatic rings. The largest absolute Gasteiger partial charge is 0.322 e. The van der Waals surface area contributed by atoms with Crippen LogP contribution in [0.4, 0.5) is 5.69 Å². The van der Waals surface area contributed by atoms with Gasteiger partial charge in [-0.2, -0.15) is 0 Å². The maximum atomic E-state index is 12.1. The van der Waals surface area contributed by atoms with E-state index in [1.54, 1.807) is 24.3 Å². The molecule has 0 bridgehead atoms. The van der Waals surface area contributed by atoms with Crippen molar-refractivity contribution in [3.05, 3.63) is 59.1 Å². The monoisotopic (exact) mass is 354 g/mol. The van der Waals surface area contributed by atoms with Gasteiger partial charge in [0.05, 0.1) is 12.0 Å². The van der Waals surface area contributed by atoms with Gasteiger partial charge in [0.25, 0.3) is 15.9 Å². The van der Waals surface area contributed by atoms with Gasteiger partial charge in [-0.25, -0.2) is 8.42 Å². The van der Waals surface area contributed by atoms with Gasteiger partial charge in [-0.05, 0) is 42.5 Å². The smallest absolute Gasteiger partial charge is 0.264 e. The minimum Gasteiger partial charge on any atom is -0.322 e. The Morgan fingerprint density at radius 3 is 2.39 bits per heavy atom. The number of amides is 1. The van der Waals surface area contributed by atoms with Gasteiger partial charge in [0, 0.05) is 23.3 Å². The summed E-state index contributed by atoms with van der Waals surface area (Å²) in [4.78, 5) is 16.9. The average Bonchev–Trinajstić information content (AvgIpc) is 2.54. The molecule has 0 atom stereocenters. The van der Waals surface area contributed by atoms with Crippen LogP contribution < -0.4 is 5.32 Å². The van der Waals surface area contributed by atoms with Crippen molar-refractivity contribution in [2.24, 2.45) is 0 Å². The lowest BCUT2D eigenvalue weighted by Crippen LogP contribution is -2.25. The van der Waals surface area contributed by atoms with Crippen LogP contribution in [0.2, 0.25) is 5.02 Å². The molecule has 0 saturated carbocycles. The minimum absolute atomic E-state index is 0.0288. The number of anilines is 1. The molecule has 1 amide bonds. The number of hydrogen-bond acceptors (Lipinski definition) is 4. The van der Waals surface area contributed by atoms with Crippen molar-refractivity contribution in [2.45, 2.75) is 4.90 Å². The first kappa shape index (κ1) is 17.4. The highest BCUT2D eigenvalue weighted by Crippen LogP contribution is 2.18. The fraction of sp³-hybridized carbons (Fsp3) is 0.133. The third-order valence-electron chi connectivity index (χ3n) is 3.09.